The van der Waals surface area contributed by atoms with Gasteiger partial charge in [0, 0.05) is 30.3 Å². The van der Waals surface area contributed by atoms with Gasteiger partial charge in [-0.2, -0.15) is 5.10 Å². The van der Waals surface area contributed by atoms with E-state index in [9.17, 15) is 0 Å². The summed E-state index contributed by atoms with van der Waals surface area (Å²) in [7, 11) is 0. The van der Waals surface area contributed by atoms with E-state index in [0.717, 1.165) is 13.0 Å². The highest BCUT2D eigenvalue weighted by molar-refractivity contribution is 5.26. The van der Waals surface area contributed by atoms with Crippen LogP contribution in [0, 0.1) is 0 Å². The molecule has 3 rings (SSSR count). The van der Waals surface area contributed by atoms with Crippen molar-refractivity contribution in [1.29, 1.82) is 0 Å². The topological polar surface area (TPSA) is 40.7 Å². The molecule has 0 saturated carbocycles. The minimum Gasteiger partial charge on any atom is -0.305 e. The SMILES string of the molecule is c1ccc(C2Cc3[nH]ncc3CN2)cc1. The van der Waals surface area contributed by atoms with E-state index in [1.54, 1.807) is 0 Å². The smallest absolute Gasteiger partial charge is 0.0535 e. The van der Waals surface area contributed by atoms with Crippen LogP contribution in [0.5, 0.6) is 0 Å². The normalized spacial score (nSPS) is 19.9. The Balaban J connectivity index is 1.88. The van der Waals surface area contributed by atoms with Crippen LogP contribution in [-0.4, -0.2) is 10.2 Å². The third kappa shape index (κ3) is 1.55. The number of aromatic amines is 1. The molecule has 2 aromatic rings. The van der Waals surface area contributed by atoms with Gasteiger partial charge >= 0.3 is 0 Å². The van der Waals surface area contributed by atoms with Crippen LogP contribution in [0.2, 0.25) is 0 Å². The molecule has 1 atom stereocenters. The lowest BCUT2D eigenvalue weighted by Gasteiger charge is -2.23. The molecule has 0 aliphatic carbocycles. The summed E-state index contributed by atoms with van der Waals surface area (Å²) in [6.45, 7) is 0.908. The second kappa shape index (κ2) is 3.51. The highest BCUT2D eigenvalue weighted by Crippen LogP contribution is 2.23. The van der Waals surface area contributed by atoms with Crippen molar-refractivity contribution in [3.8, 4) is 0 Å². The molecule has 1 aliphatic heterocycles. The molecule has 0 radical (unpaired) electrons. The average molecular weight is 199 g/mol. The first kappa shape index (κ1) is 8.68. The fraction of sp³-hybridized carbons (Fsp3) is 0.250. The van der Waals surface area contributed by atoms with E-state index in [0.29, 0.717) is 6.04 Å². The third-order valence-corrected chi connectivity index (χ3v) is 2.96. The quantitative estimate of drug-likeness (QED) is 0.735. The molecule has 2 heterocycles. The van der Waals surface area contributed by atoms with Gasteiger partial charge < -0.3 is 5.32 Å². The fourth-order valence-corrected chi connectivity index (χ4v) is 2.10. The molecule has 0 spiro atoms. The summed E-state index contributed by atoms with van der Waals surface area (Å²) in [5, 5.41) is 10.7. The lowest BCUT2D eigenvalue weighted by molar-refractivity contribution is 0.494. The number of rotatable bonds is 1. The van der Waals surface area contributed by atoms with Crippen molar-refractivity contribution in [3.05, 3.63) is 53.3 Å². The Morgan fingerprint density at radius 2 is 2.07 bits per heavy atom. The maximum atomic E-state index is 4.07. The van der Waals surface area contributed by atoms with Crippen LogP contribution in [0.25, 0.3) is 0 Å². The van der Waals surface area contributed by atoms with Crippen molar-refractivity contribution in [2.75, 3.05) is 0 Å². The molecule has 3 nitrogen and oxygen atoms in total. The fourth-order valence-electron chi connectivity index (χ4n) is 2.10. The standard InChI is InChI=1S/C12H13N3/c1-2-4-9(5-3-1)11-6-12-10(7-13-11)8-14-15-12/h1-5,8,11,13H,6-7H2,(H,14,15). The van der Waals surface area contributed by atoms with E-state index in [1.807, 2.05) is 12.3 Å². The molecule has 0 bridgehead atoms. The van der Waals surface area contributed by atoms with Crippen molar-refractivity contribution >= 4 is 0 Å². The molecule has 2 N–H and O–H groups in total. The predicted molar refractivity (Wildman–Crippen MR) is 58.3 cm³/mol. The number of nitrogens with zero attached hydrogens (tertiary/aromatic N) is 1. The maximum Gasteiger partial charge on any atom is 0.0535 e. The molecule has 1 aromatic carbocycles. The molecule has 0 saturated heterocycles. The maximum absolute atomic E-state index is 4.07. The van der Waals surface area contributed by atoms with E-state index in [2.05, 4.69) is 39.8 Å². The van der Waals surface area contributed by atoms with Gasteiger partial charge in [0.1, 0.15) is 0 Å². The predicted octanol–water partition coefficient (Wildman–Crippen LogP) is 1.80. The number of fused-ring (bicyclic) bond motifs is 1. The third-order valence-electron chi connectivity index (χ3n) is 2.96. The Bertz CT molecular complexity index is 447. The molecule has 1 aromatic heterocycles. The molecule has 1 unspecified atom stereocenters. The largest absolute Gasteiger partial charge is 0.305 e. The second-order valence-electron chi connectivity index (χ2n) is 3.92. The van der Waals surface area contributed by atoms with Gasteiger partial charge in [-0.3, -0.25) is 5.10 Å². The Morgan fingerprint density at radius 1 is 1.20 bits per heavy atom. The first-order chi connectivity index (χ1) is 7.43. The molecule has 1 aliphatic rings. The first-order valence-electron chi connectivity index (χ1n) is 5.23. The van der Waals surface area contributed by atoms with Gasteiger partial charge in [0.15, 0.2) is 0 Å². The van der Waals surface area contributed by atoms with Crippen LogP contribution in [0.1, 0.15) is 22.9 Å². The molecule has 0 fully saturated rings. The number of nitrogens with one attached hydrogen (secondary N) is 2. The monoisotopic (exact) mass is 199 g/mol. The van der Waals surface area contributed by atoms with Crippen LogP contribution >= 0.6 is 0 Å². The van der Waals surface area contributed by atoms with Gasteiger partial charge in [-0.05, 0) is 5.56 Å². The van der Waals surface area contributed by atoms with Crippen LogP contribution in [0.4, 0.5) is 0 Å². The number of hydrogen-bond donors (Lipinski definition) is 2. The summed E-state index contributed by atoms with van der Waals surface area (Å²) < 4.78 is 0. The highest BCUT2D eigenvalue weighted by Gasteiger charge is 2.20. The number of benzene rings is 1. The average Bonchev–Trinajstić information content (AvgIpc) is 2.77. The van der Waals surface area contributed by atoms with Crippen LogP contribution < -0.4 is 5.32 Å². The summed E-state index contributed by atoms with van der Waals surface area (Å²) in [6, 6.07) is 11.0. The number of aromatic nitrogens is 2. The Hall–Kier alpha value is -1.61. The van der Waals surface area contributed by atoms with Gasteiger partial charge in [0.25, 0.3) is 0 Å². The summed E-state index contributed by atoms with van der Waals surface area (Å²) >= 11 is 0. The molecule has 0 amide bonds. The molecule has 3 heteroatoms. The van der Waals surface area contributed by atoms with Gasteiger partial charge in [0.2, 0.25) is 0 Å². The first-order valence-corrected chi connectivity index (χ1v) is 5.23. The van der Waals surface area contributed by atoms with E-state index >= 15 is 0 Å². The lowest BCUT2D eigenvalue weighted by atomic mass is 9.97. The minimum absolute atomic E-state index is 0.416. The minimum atomic E-state index is 0.416. The summed E-state index contributed by atoms with van der Waals surface area (Å²) in [5.74, 6) is 0. The van der Waals surface area contributed by atoms with Crippen molar-refractivity contribution in [2.45, 2.75) is 19.0 Å². The molecule has 76 valence electrons. The summed E-state index contributed by atoms with van der Waals surface area (Å²) in [5.41, 5.74) is 3.91. The van der Waals surface area contributed by atoms with Crippen LogP contribution in [0.15, 0.2) is 36.5 Å². The number of hydrogen-bond acceptors (Lipinski definition) is 2. The second-order valence-corrected chi connectivity index (χ2v) is 3.92. The zero-order valence-electron chi connectivity index (χ0n) is 8.40. The van der Waals surface area contributed by atoms with Crippen molar-refractivity contribution in [1.82, 2.24) is 15.5 Å². The zero-order valence-corrected chi connectivity index (χ0v) is 8.40. The van der Waals surface area contributed by atoms with Gasteiger partial charge in [0.05, 0.1) is 6.20 Å². The van der Waals surface area contributed by atoms with E-state index in [4.69, 9.17) is 0 Å². The zero-order chi connectivity index (χ0) is 10.1. The highest BCUT2D eigenvalue weighted by atomic mass is 15.1. The van der Waals surface area contributed by atoms with E-state index < -0.39 is 0 Å². The van der Waals surface area contributed by atoms with Crippen LogP contribution in [-0.2, 0) is 13.0 Å². The summed E-state index contributed by atoms with van der Waals surface area (Å²) in [6.07, 6.45) is 2.91. The molecule has 15 heavy (non-hydrogen) atoms. The van der Waals surface area contributed by atoms with Crippen molar-refractivity contribution < 1.29 is 0 Å². The van der Waals surface area contributed by atoms with Gasteiger partial charge in [-0.15, -0.1) is 0 Å². The van der Waals surface area contributed by atoms with Crippen molar-refractivity contribution in [3.63, 3.8) is 0 Å². The Kier molecular flexibility index (Phi) is 2.03. The lowest BCUT2D eigenvalue weighted by Crippen LogP contribution is -2.27. The Labute approximate surface area is 88.5 Å². The molecular formula is C12H13N3. The van der Waals surface area contributed by atoms with E-state index in [-0.39, 0.29) is 0 Å². The van der Waals surface area contributed by atoms with Gasteiger partial charge in [-0.25, -0.2) is 0 Å². The summed E-state index contributed by atoms with van der Waals surface area (Å²) in [4.78, 5) is 0. The van der Waals surface area contributed by atoms with Crippen LogP contribution in [0.3, 0.4) is 0 Å². The Morgan fingerprint density at radius 3 is 2.93 bits per heavy atom. The van der Waals surface area contributed by atoms with Gasteiger partial charge in [-0.1, -0.05) is 30.3 Å². The number of H-pyrrole nitrogens is 1. The molecular weight excluding hydrogens is 186 g/mol. The van der Waals surface area contributed by atoms with E-state index in [1.165, 1.54) is 16.8 Å². The van der Waals surface area contributed by atoms with Crippen molar-refractivity contribution in [2.24, 2.45) is 0 Å².